The van der Waals surface area contributed by atoms with Crippen molar-refractivity contribution in [3.05, 3.63) is 94.0 Å². The van der Waals surface area contributed by atoms with E-state index in [4.69, 9.17) is 23.2 Å². The van der Waals surface area contributed by atoms with Crippen molar-refractivity contribution in [1.82, 2.24) is 5.43 Å². The third kappa shape index (κ3) is 5.48. The summed E-state index contributed by atoms with van der Waals surface area (Å²) in [7, 11) is -4.03. The molecule has 9 heteroatoms. The normalized spacial score (nSPS) is 11.8. The summed E-state index contributed by atoms with van der Waals surface area (Å²) in [6, 6.07) is 19.8. The van der Waals surface area contributed by atoms with Gasteiger partial charge in [0.25, 0.3) is 15.9 Å². The van der Waals surface area contributed by atoms with Crippen molar-refractivity contribution in [2.24, 2.45) is 5.10 Å². The number of halogens is 2. The minimum absolute atomic E-state index is 0.0630. The topological polar surface area (TPSA) is 78.8 Å². The molecule has 0 fully saturated rings. The Bertz CT molecular complexity index is 1250. The summed E-state index contributed by atoms with van der Waals surface area (Å²) in [4.78, 5) is 12.8. The Hall–Kier alpha value is -2.87. The Morgan fingerprint density at radius 2 is 1.62 bits per heavy atom. The maximum Gasteiger partial charge on any atom is 0.264 e. The molecule has 0 saturated heterocycles. The first kappa shape index (κ1) is 23.8. The smallest absolute Gasteiger partial charge is 0.264 e. The fraction of sp³-hybridized carbons (Fsp3) is 0.130. The number of hydrogen-bond donors (Lipinski definition) is 1. The van der Waals surface area contributed by atoms with Gasteiger partial charge in [0.1, 0.15) is 6.54 Å². The average Bonchev–Trinajstić information content (AvgIpc) is 2.79. The monoisotopic (exact) mass is 489 g/mol. The molecule has 1 amide bonds. The molecular weight excluding hydrogens is 469 g/mol. The SMILES string of the molecule is C/C(=N/NC(=O)CN(c1cccc(Cl)c1C)S(=O)(=O)c1ccccc1)c1ccc(Cl)cc1. The molecule has 3 rings (SSSR count). The van der Waals surface area contributed by atoms with Crippen LogP contribution in [0.25, 0.3) is 0 Å². The van der Waals surface area contributed by atoms with E-state index < -0.39 is 22.5 Å². The molecule has 0 aromatic heterocycles. The summed E-state index contributed by atoms with van der Waals surface area (Å²) in [5.74, 6) is -0.600. The summed E-state index contributed by atoms with van der Waals surface area (Å²) < 4.78 is 27.8. The lowest BCUT2D eigenvalue weighted by Crippen LogP contribution is -2.40. The lowest BCUT2D eigenvalue weighted by molar-refractivity contribution is -0.119. The Kier molecular flexibility index (Phi) is 7.56. The molecule has 0 unspecified atom stereocenters. The summed E-state index contributed by atoms with van der Waals surface area (Å²) in [5.41, 5.74) is 4.61. The molecule has 0 atom stereocenters. The molecule has 166 valence electrons. The number of anilines is 1. The molecule has 0 aliphatic carbocycles. The zero-order valence-corrected chi connectivity index (χ0v) is 19.7. The number of nitrogens with one attached hydrogen (secondary N) is 1. The summed E-state index contributed by atoms with van der Waals surface area (Å²) in [6.07, 6.45) is 0. The van der Waals surface area contributed by atoms with Gasteiger partial charge in [-0.25, -0.2) is 13.8 Å². The van der Waals surface area contributed by atoms with Gasteiger partial charge in [0.15, 0.2) is 0 Å². The van der Waals surface area contributed by atoms with Crippen molar-refractivity contribution in [2.75, 3.05) is 10.8 Å². The summed E-state index contributed by atoms with van der Waals surface area (Å²) in [6.45, 7) is 2.95. The van der Waals surface area contributed by atoms with Crippen LogP contribution in [0, 0.1) is 6.92 Å². The van der Waals surface area contributed by atoms with Crippen molar-refractivity contribution < 1.29 is 13.2 Å². The number of hydrazone groups is 1. The van der Waals surface area contributed by atoms with Crippen molar-refractivity contribution in [1.29, 1.82) is 0 Å². The van der Waals surface area contributed by atoms with Crippen LogP contribution >= 0.6 is 23.2 Å². The molecule has 0 heterocycles. The molecule has 1 N–H and O–H groups in total. The van der Waals surface area contributed by atoms with Crippen LogP contribution < -0.4 is 9.73 Å². The van der Waals surface area contributed by atoms with Crippen LogP contribution in [0.4, 0.5) is 5.69 Å². The third-order valence-electron chi connectivity index (χ3n) is 4.74. The number of carbonyl (C=O) groups excluding carboxylic acids is 1. The van der Waals surface area contributed by atoms with Gasteiger partial charge in [0, 0.05) is 10.0 Å². The minimum Gasteiger partial charge on any atom is -0.271 e. The van der Waals surface area contributed by atoms with Crippen LogP contribution in [0.2, 0.25) is 10.0 Å². The minimum atomic E-state index is -4.03. The first-order valence-electron chi connectivity index (χ1n) is 9.62. The van der Waals surface area contributed by atoms with Gasteiger partial charge in [0.2, 0.25) is 0 Å². The zero-order chi connectivity index (χ0) is 23.3. The fourth-order valence-electron chi connectivity index (χ4n) is 2.95. The standard InChI is InChI=1S/C23H21Cl2N3O3S/c1-16-21(25)9-6-10-22(16)28(32(30,31)20-7-4-3-5-8-20)15-23(29)27-26-17(2)18-11-13-19(24)14-12-18/h3-14H,15H2,1-2H3,(H,27,29)/b26-17-. The molecule has 0 spiro atoms. The lowest BCUT2D eigenvalue weighted by atomic mass is 10.1. The summed E-state index contributed by atoms with van der Waals surface area (Å²) >= 11 is 12.1. The number of nitrogens with zero attached hydrogens (tertiary/aromatic N) is 2. The Morgan fingerprint density at radius 1 is 0.969 bits per heavy atom. The molecule has 0 aliphatic rings. The number of carbonyl (C=O) groups is 1. The third-order valence-corrected chi connectivity index (χ3v) is 7.17. The maximum absolute atomic E-state index is 13.4. The van der Waals surface area contributed by atoms with Gasteiger partial charge in [-0.05, 0) is 61.4 Å². The van der Waals surface area contributed by atoms with E-state index in [-0.39, 0.29) is 4.90 Å². The largest absolute Gasteiger partial charge is 0.271 e. The molecule has 3 aromatic rings. The highest BCUT2D eigenvalue weighted by Crippen LogP contribution is 2.30. The van der Waals surface area contributed by atoms with Crippen LogP contribution in [0.5, 0.6) is 0 Å². The van der Waals surface area contributed by atoms with Crippen molar-refractivity contribution in [3.8, 4) is 0 Å². The molecule has 0 aliphatic heterocycles. The van der Waals surface area contributed by atoms with Crippen LogP contribution in [0.3, 0.4) is 0 Å². The second kappa shape index (κ2) is 10.2. The predicted molar refractivity (Wildman–Crippen MR) is 129 cm³/mol. The van der Waals surface area contributed by atoms with E-state index in [1.54, 1.807) is 74.5 Å². The number of amides is 1. The van der Waals surface area contributed by atoms with Crippen LogP contribution in [0.15, 0.2) is 82.8 Å². The Morgan fingerprint density at radius 3 is 2.28 bits per heavy atom. The first-order chi connectivity index (χ1) is 15.2. The van der Waals surface area contributed by atoms with Gasteiger partial charge in [-0.15, -0.1) is 0 Å². The van der Waals surface area contributed by atoms with Crippen molar-refractivity contribution in [2.45, 2.75) is 18.7 Å². The predicted octanol–water partition coefficient (Wildman–Crippen LogP) is 5.04. The zero-order valence-electron chi connectivity index (χ0n) is 17.4. The molecule has 0 saturated carbocycles. The molecule has 6 nitrogen and oxygen atoms in total. The van der Waals surface area contributed by atoms with Crippen LogP contribution in [0.1, 0.15) is 18.1 Å². The first-order valence-corrected chi connectivity index (χ1v) is 11.8. The van der Waals surface area contributed by atoms with E-state index in [0.717, 1.165) is 9.87 Å². The fourth-order valence-corrected chi connectivity index (χ4v) is 4.75. The molecule has 0 radical (unpaired) electrons. The molecule has 32 heavy (non-hydrogen) atoms. The lowest BCUT2D eigenvalue weighted by Gasteiger charge is -2.25. The van der Waals surface area contributed by atoms with Gasteiger partial charge in [-0.3, -0.25) is 9.10 Å². The number of hydrogen-bond acceptors (Lipinski definition) is 4. The van der Waals surface area contributed by atoms with Gasteiger partial charge in [-0.1, -0.05) is 59.6 Å². The highest BCUT2D eigenvalue weighted by atomic mass is 35.5. The van der Waals surface area contributed by atoms with E-state index in [1.807, 2.05) is 0 Å². The average molecular weight is 490 g/mol. The number of rotatable bonds is 7. The van der Waals surface area contributed by atoms with Gasteiger partial charge in [-0.2, -0.15) is 5.10 Å². The van der Waals surface area contributed by atoms with E-state index in [0.29, 0.717) is 27.0 Å². The maximum atomic E-state index is 13.4. The van der Waals surface area contributed by atoms with Gasteiger partial charge in [0.05, 0.1) is 16.3 Å². The second-order valence-electron chi connectivity index (χ2n) is 6.95. The van der Waals surface area contributed by atoms with Gasteiger partial charge < -0.3 is 0 Å². The number of sulfonamides is 1. The second-order valence-corrected chi connectivity index (χ2v) is 9.65. The molecule has 3 aromatic carbocycles. The summed E-state index contributed by atoms with van der Waals surface area (Å²) in [5, 5.41) is 5.08. The van der Waals surface area contributed by atoms with Gasteiger partial charge >= 0.3 is 0 Å². The Labute approximate surface area is 197 Å². The van der Waals surface area contributed by atoms with Crippen LogP contribution in [-0.2, 0) is 14.8 Å². The quantitative estimate of drug-likeness (QED) is 0.373. The van der Waals surface area contributed by atoms with Crippen molar-refractivity contribution >= 4 is 50.5 Å². The Balaban J connectivity index is 1.90. The highest BCUT2D eigenvalue weighted by Gasteiger charge is 2.28. The molecule has 0 bridgehead atoms. The van der Waals surface area contributed by atoms with E-state index in [9.17, 15) is 13.2 Å². The highest BCUT2D eigenvalue weighted by molar-refractivity contribution is 7.92. The van der Waals surface area contributed by atoms with Crippen LogP contribution in [-0.4, -0.2) is 26.6 Å². The van der Waals surface area contributed by atoms with E-state index >= 15 is 0 Å². The number of benzene rings is 3. The van der Waals surface area contributed by atoms with E-state index in [1.165, 1.54) is 12.1 Å². The van der Waals surface area contributed by atoms with E-state index in [2.05, 4.69) is 10.5 Å². The van der Waals surface area contributed by atoms with Crippen molar-refractivity contribution in [3.63, 3.8) is 0 Å². The molecular formula is C23H21Cl2N3O3S.